The molecule has 1 aliphatic rings. The van der Waals surface area contributed by atoms with Crippen molar-refractivity contribution in [2.75, 3.05) is 13.1 Å². The van der Waals surface area contributed by atoms with E-state index in [-0.39, 0.29) is 17.7 Å². The molecule has 1 unspecified atom stereocenters. The van der Waals surface area contributed by atoms with Crippen LogP contribution >= 0.6 is 0 Å². The molecular weight excluding hydrogens is 300 g/mol. The van der Waals surface area contributed by atoms with E-state index in [9.17, 15) is 9.59 Å². The van der Waals surface area contributed by atoms with Crippen molar-refractivity contribution in [1.29, 1.82) is 0 Å². The fourth-order valence-corrected chi connectivity index (χ4v) is 2.89. The molecule has 1 atom stereocenters. The summed E-state index contributed by atoms with van der Waals surface area (Å²) in [5, 5.41) is 5.78. The van der Waals surface area contributed by atoms with Crippen molar-refractivity contribution in [2.45, 2.75) is 18.8 Å². The number of carbonyl (C=O) groups excluding carboxylic acids is 2. The molecule has 0 bridgehead atoms. The fourth-order valence-electron chi connectivity index (χ4n) is 2.89. The van der Waals surface area contributed by atoms with E-state index in [1.807, 2.05) is 48.5 Å². The number of hydrogen-bond donors (Lipinski definition) is 2. The third kappa shape index (κ3) is 4.22. The van der Waals surface area contributed by atoms with E-state index in [2.05, 4.69) is 10.6 Å². The molecule has 24 heavy (non-hydrogen) atoms. The highest BCUT2D eigenvalue weighted by atomic mass is 16.2. The van der Waals surface area contributed by atoms with Gasteiger partial charge < -0.3 is 10.6 Å². The third-order valence-corrected chi connectivity index (χ3v) is 4.28. The molecule has 2 amide bonds. The molecule has 2 aromatic carbocycles. The van der Waals surface area contributed by atoms with Crippen molar-refractivity contribution in [3.63, 3.8) is 0 Å². The Morgan fingerprint density at radius 3 is 2.08 bits per heavy atom. The Bertz CT molecular complexity index is 681. The van der Waals surface area contributed by atoms with Crippen molar-refractivity contribution in [3.05, 3.63) is 71.8 Å². The Morgan fingerprint density at radius 1 is 0.875 bits per heavy atom. The Balaban J connectivity index is 1.47. The van der Waals surface area contributed by atoms with Crippen LogP contribution in [0.3, 0.4) is 0 Å². The van der Waals surface area contributed by atoms with E-state index < -0.39 is 0 Å². The standard InChI is InChI=1S/C20H22N2O2/c23-19(17-9-5-2-6-10-17)21-13-14-22-20(24)18(16-11-12-16)15-7-3-1-4-8-15/h1-10,16,18H,11-14H2,(H,21,23)(H,22,24). The van der Waals surface area contributed by atoms with Gasteiger partial charge in [0.1, 0.15) is 0 Å². The second-order valence-corrected chi connectivity index (χ2v) is 6.14. The van der Waals surface area contributed by atoms with Crippen molar-refractivity contribution < 1.29 is 9.59 Å². The molecule has 0 radical (unpaired) electrons. The van der Waals surface area contributed by atoms with E-state index in [1.54, 1.807) is 12.1 Å². The second-order valence-electron chi connectivity index (χ2n) is 6.14. The number of rotatable bonds is 7. The molecule has 0 aliphatic heterocycles. The van der Waals surface area contributed by atoms with Crippen LogP contribution in [0, 0.1) is 5.92 Å². The summed E-state index contributed by atoms with van der Waals surface area (Å²) >= 11 is 0. The second kappa shape index (κ2) is 7.77. The number of hydrogen-bond acceptors (Lipinski definition) is 2. The van der Waals surface area contributed by atoms with Crippen LogP contribution < -0.4 is 10.6 Å². The minimum absolute atomic E-state index is 0.0534. The first-order valence-electron chi connectivity index (χ1n) is 8.41. The van der Waals surface area contributed by atoms with Crippen LogP contribution in [0.1, 0.15) is 34.7 Å². The summed E-state index contributed by atoms with van der Waals surface area (Å²) in [6.07, 6.45) is 2.22. The van der Waals surface area contributed by atoms with Gasteiger partial charge in [0.05, 0.1) is 5.92 Å². The van der Waals surface area contributed by atoms with Gasteiger partial charge in [-0.2, -0.15) is 0 Å². The fraction of sp³-hybridized carbons (Fsp3) is 0.300. The van der Waals surface area contributed by atoms with E-state index in [4.69, 9.17) is 0 Å². The topological polar surface area (TPSA) is 58.2 Å². The molecule has 4 heteroatoms. The predicted molar refractivity (Wildman–Crippen MR) is 93.7 cm³/mol. The zero-order valence-electron chi connectivity index (χ0n) is 13.6. The van der Waals surface area contributed by atoms with Gasteiger partial charge in [-0.15, -0.1) is 0 Å². The average molecular weight is 322 g/mol. The minimum Gasteiger partial charge on any atom is -0.354 e. The van der Waals surface area contributed by atoms with Crippen LogP contribution in [0.15, 0.2) is 60.7 Å². The molecule has 124 valence electrons. The SMILES string of the molecule is O=C(NCCNC(=O)C(c1ccccc1)C1CC1)c1ccccc1. The lowest BCUT2D eigenvalue weighted by Crippen LogP contribution is -2.37. The molecule has 1 fully saturated rings. The summed E-state index contributed by atoms with van der Waals surface area (Å²) in [5.74, 6) is 0.312. The van der Waals surface area contributed by atoms with Crippen molar-refractivity contribution >= 4 is 11.8 Å². The van der Waals surface area contributed by atoms with Gasteiger partial charge in [0, 0.05) is 18.7 Å². The molecule has 1 aliphatic carbocycles. The van der Waals surface area contributed by atoms with Gasteiger partial charge in [-0.1, -0.05) is 48.5 Å². The monoisotopic (exact) mass is 322 g/mol. The molecular formula is C20H22N2O2. The number of amides is 2. The molecule has 2 aromatic rings. The van der Waals surface area contributed by atoms with Gasteiger partial charge >= 0.3 is 0 Å². The summed E-state index contributed by atoms with van der Waals surface area (Å²) in [6, 6.07) is 19.0. The number of carbonyl (C=O) groups is 2. The van der Waals surface area contributed by atoms with Gasteiger partial charge in [0.2, 0.25) is 5.91 Å². The van der Waals surface area contributed by atoms with Crippen LogP contribution in [0.25, 0.3) is 0 Å². The molecule has 0 spiro atoms. The highest BCUT2D eigenvalue weighted by Gasteiger charge is 2.36. The van der Waals surface area contributed by atoms with Crippen molar-refractivity contribution in [2.24, 2.45) is 5.92 Å². The zero-order valence-corrected chi connectivity index (χ0v) is 13.6. The number of benzene rings is 2. The highest BCUT2D eigenvalue weighted by Crippen LogP contribution is 2.42. The van der Waals surface area contributed by atoms with Gasteiger partial charge in [0.15, 0.2) is 0 Å². The molecule has 0 aromatic heterocycles. The summed E-state index contributed by atoms with van der Waals surface area (Å²) in [4.78, 5) is 24.5. The Morgan fingerprint density at radius 2 is 1.46 bits per heavy atom. The molecule has 0 saturated heterocycles. The van der Waals surface area contributed by atoms with Crippen molar-refractivity contribution in [1.82, 2.24) is 10.6 Å². The van der Waals surface area contributed by atoms with E-state index in [1.165, 1.54) is 0 Å². The normalized spacial score (nSPS) is 14.7. The lowest BCUT2D eigenvalue weighted by Gasteiger charge is -2.16. The van der Waals surface area contributed by atoms with Crippen LogP contribution in [-0.4, -0.2) is 24.9 Å². The Kier molecular flexibility index (Phi) is 5.26. The van der Waals surface area contributed by atoms with Crippen LogP contribution in [0.2, 0.25) is 0 Å². The molecule has 1 saturated carbocycles. The largest absolute Gasteiger partial charge is 0.354 e. The van der Waals surface area contributed by atoms with Gasteiger partial charge in [0.25, 0.3) is 5.91 Å². The van der Waals surface area contributed by atoms with Crippen LogP contribution in [-0.2, 0) is 4.79 Å². The van der Waals surface area contributed by atoms with Crippen LogP contribution in [0.4, 0.5) is 0 Å². The maximum atomic E-state index is 12.5. The molecule has 2 N–H and O–H groups in total. The zero-order chi connectivity index (χ0) is 16.8. The quantitative estimate of drug-likeness (QED) is 0.770. The number of nitrogens with one attached hydrogen (secondary N) is 2. The predicted octanol–water partition coefficient (Wildman–Crippen LogP) is 2.73. The highest BCUT2D eigenvalue weighted by molar-refractivity contribution is 5.94. The first-order valence-corrected chi connectivity index (χ1v) is 8.41. The average Bonchev–Trinajstić information content (AvgIpc) is 3.45. The maximum Gasteiger partial charge on any atom is 0.251 e. The third-order valence-electron chi connectivity index (χ3n) is 4.28. The summed E-state index contributed by atoms with van der Waals surface area (Å²) in [5.41, 5.74) is 1.70. The Labute approximate surface area is 142 Å². The molecule has 0 heterocycles. The van der Waals surface area contributed by atoms with Crippen molar-refractivity contribution in [3.8, 4) is 0 Å². The molecule has 3 rings (SSSR count). The van der Waals surface area contributed by atoms with Gasteiger partial charge in [-0.25, -0.2) is 0 Å². The lowest BCUT2D eigenvalue weighted by molar-refractivity contribution is -0.123. The smallest absolute Gasteiger partial charge is 0.251 e. The molecule has 4 nitrogen and oxygen atoms in total. The van der Waals surface area contributed by atoms with Gasteiger partial charge in [-0.05, 0) is 36.5 Å². The summed E-state index contributed by atoms with van der Waals surface area (Å²) in [7, 11) is 0. The van der Waals surface area contributed by atoms with Crippen LogP contribution in [0.5, 0.6) is 0 Å². The maximum absolute atomic E-state index is 12.5. The van der Waals surface area contributed by atoms with E-state index in [0.717, 1.165) is 18.4 Å². The summed E-state index contributed by atoms with van der Waals surface area (Å²) < 4.78 is 0. The summed E-state index contributed by atoms with van der Waals surface area (Å²) in [6.45, 7) is 0.860. The first kappa shape index (κ1) is 16.2. The van der Waals surface area contributed by atoms with Gasteiger partial charge in [-0.3, -0.25) is 9.59 Å². The van der Waals surface area contributed by atoms with E-state index >= 15 is 0 Å². The van der Waals surface area contributed by atoms with E-state index in [0.29, 0.717) is 24.6 Å². The lowest BCUT2D eigenvalue weighted by atomic mass is 9.93. The minimum atomic E-state index is -0.119. The first-order chi connectivity index (χ1) is 11.8. The Hall–Kier alpha value is -2.62.